The van der Waals surface area contributed by atoms with E-state index in [4.69, 9.17) is 0 Å². The Hall–Kier alpha value is -1.62. The Kier molecular flexibility index (Phi) is 5.30. The Labute approximate surface area is 113 Å². The summed E-state index contributed by atoms with van der Waals surface area (Å²) < 4.78 is 0. The van der Waals surface area contributed by atoms with Crippen molar-refractivity contribution in [2.45, 2.75) is 40.2 Å². The standard InChI is InChI=1S/C14H22N2O3/c1-5-8(2)11(17)7-15-13(18)12-9(3)6-10(4)16-14(12)19/h6,8,11,17H,5,7H2,1-4H3,(H,15,18)(H,16,19). The highest BCUT2D eigenvalue weighted by atomic mass is 16.3. The van der Waals surface area contributed by atoms with Crippen molar-refractivity contribution in [3.63, 3.8) is 0 Å². The highest BCUT2D eigenvalue weighted by Gasteiger charge is 2.17. The van der Waals surface area contributed by atoms with Crippen LogP contribution in [-0.4, -0.2) is 28.6 Å². The fourth-order valence-electron chi connectivity index (χ4n) is 1.89. The second-order valence-corrected chi connectivity index (χ2v) is 5.00. The third kappa shape index (κ3) is 3.92. The fraction of sp³-hybridized carbons (Fsp3) is 0.571. The van der Waals surface area contributed by atoms with Gasteiger partial charge in [-0.05, 0) is 31.4 Å². The monoisotopic (exact) mass is 266 g/mol. The van der Waals surface area contributed by atoms with Gasteiger partial charge in [0.1, 0.15) is 5.56 Å². The predicted molar refractivity (Wildman–Crippen MR) is 74.3 cm³/mol. The number of aromatic amines is 1. The van der Waals surface area contributed by atoms with Crippen LogP contribution in [0.5, 0.6) is 0 Å². The van der Waals surface area contributed by atoms with Crippen LogP contribution in [0.3, 0.4) is 0 Å². The lowest BCUT2D eigenvalue weighted by Crippen LogP contribution is -2.38. The Balaban J connectivity index is 2.77. The molecule has 0 radical (unpaired) electrons. The number of nitrogens with one attached hydrogen (secondary N) is 2. The van der Waals surface area contributed by atoms with Crippen molar-refractivity contribution in [1.82, 2.24) is 10.3 Å². The van der Waals surface area contributed by atoms with Crippen LogP contribution in [0, 0.1) is 19.8 Å². The quantitative estimate of drug-likeness (QED) is 0.747. The minimum absolute atomic E-state index is 0.109. The topological polar surface area (TPSA) is 82.2 Å². The SMILES string of the molecule is CCC(C)C(O)CNC(=O)c1c(C)cc(C)[nH]c1=O. The smallest absolute Gasteiger partial charge is 0.261 e. The molecule has 19 heavy (non-hydrogen) atoms. The number of aliphatic hydroxyl groups is 1. The zero-order chi connectivity index (χ0) is 14.6. The molecule has 0 spiro atoms. The molecule has 0 bridgehead atoms. The maximum Gasteiger partial charge on any atom is 0.261 e. The number of aryl methyl sites for hydroxylation is 2. The molecule has 1 rings (SSSR count). The first-order valence-electron chi connectivity index (χ1n) is 6.53. The Bertz CT molecular complexity index is 508. The third-order valence-corrected chi connectivity index (χ3v) is 3.36. The molecule has 3 N–H and O–H groups in total. The first-order chi connectivity index (χ1) is 8.86. The second-order valence-electron chi connectivity index (χ2n) is 5.00. The van der Waals surface area contributed by atoms with Gasteiger partial charge in [0, 0.05) is 12.2 Å². The summed E-state index contributed by atoms with van der Waals surface area (Å²) in [6, 6.07) is 1.75. The van der Waals surface area contributed by atoms with Gasteiger partial charge < -0.3 is 15.4 Å². The number of hydrogen-bond donors (Lipinski definition) is 3. The molecule has 106 valence electrons. The van der Waals surface area contributed by atoms with E-state index in [1.54, 1.807) is 19.9 Å². The molecular formula is C14H22N2O3. The lowest BCUT2D eigenvalue weighted by molar-refractivity contribution is 0.0848. The molecule has 0 saturated carbocycles. The summed E-state index contributed by atoms with van der Waals surface area (Å²) in [5.74, 6) is -0.334. The van der Waals surface area contributed by atoms with Crippen LogP contribution in [0.25, 0.3) is 0 Å². The van der Waals surface area contributed by atoms with E-state index in [-0.39, 0.29) is 18.0 Å². The molecule has 0 aliphatic rings. The molecule has 1 amide bonds. The van der Waals surface area contributed by atoms with E-state index < -0.39 is 17.6 Å². The average molecular weight is 266 g/mol. The fourth-order valence-corrected chi connectivity index (χ4v) is 1.89. The van der Waals surface area contributed by atoms with Crippen LogP contribution in [0.4, 0.5) is 0 Å². The molecule has 0 saturated heterocycles. The van der Waals surface area contributed by atoms with Crippen LogP contribution in [0.2, 0.25) is 0 Å². The van der Waals surface area contributed by atoms with E-state index in [0.29, 0.717) is 5.56 Å². The summed E-state index contributed by atoms with van der Waals surface area (Å²) in [5, 5.41) is 12.4. The molecule has 1 aromatic rings. The minimum atomic E-state index is -0.598. The molecule has 0 aliphatic heterocycles. The van der Waals surface area contributed by atoms with Crippen LogP contribution >= 0.6 is 0 Å². The van der Waals surface area contributed by atoms with Gasteiger partial charge in [0.15, 0.2) is 0 Å². The lowest BCUT2D eigenvalue weighted by atomic mass is 10.0. The normalized spacial score (nSPS) is 13.9. The number of carbonyl (C=O) groups is 1. The highest BCUT2D eigenvalue weighted by Crippen LogP contribution is 2.07. The Morgan fingerprint density at radius 1 is 1.47 bits per heavy atom. The van der Waals surface area contributed by atoms with Crippen molar-refractivity contribution in [1.29, 1.82) is 0 Å². The number of pyridine rings is 1. The van der Waals surface area contributed by atoms with Gasteiger partial charge in [-0.25, -0.2) is 0 Å². The van der Waals surface area contributed by atoms with Gasteiger partial charge in [-0.2, -0.15) is 0 Å². The predicted octanol–water partition coefficient (Wildman–Crippen LogP) is 1.13. The molecule has 1 heterocycles. The molecule has 0 fully saturated rings. The summed E-state index contributed by atoms with van der Waals surface area (Å²) in [4.78, 5) is 26.3. The number of H-pyrrole nitrogens is 1. The van der Waals surface area contributed by atoms with Gasteiger partial charge in [-0.1, -0.05) is 20.3 Å². The summed E-state index contributed by atoms with van der Waals surface area (Å²) in [7, 11) is 0. The average Bonchev–Trinajstić information content (AvgIpc) is 2.33. The molecule has 2 atom stereocenters. The Morgan fingerprint density at radius 3 is 2.63 bits per heavy atom. The van der Waals surface area contributed by atoms with Crippen LogP contribution in [0.15, 0.2) is 10.9 Å². The van der Waals surface area contributed by atoms with E-state index in [0.717, 1.165) is 12.1 Å². The summed E-state index contributed by atoms with van der Waals surface area (Å²) in [6.45, 7) is 7.54. The molecule has 0 aromatic carbocycles. The van der Waals surface area contributed by atoms with Crippen molar-refractivity contribution >= 4 is 5.91 Å². The van der Waals surface area contributed by atoms with Gasteiger partial charge in [-0.3, -0.25) is 9.59 Å². The lowest BCUT2D eigenvalue weighted by Gasteiger charge is -2.17. The van der Waals surface area contributed by atoms with Crippen molar-refractivity contribution in [2.24, 2.45) is 5.92 Å². The van der Waals surface area contributed by atoms with Gasteiger partial charge in [0.2, 0.25) is 0 Å². The number of amides is 1. The first kappa shape index (κ1) is 15.4. The van der Waals surface area contributed by atoms with Crippen molar-refractivity contribution in [3.8, 4) is 0 Å². The van der Waals surface area contributed by atoms with E-state index in [1.807, 2.05) is 13.8 Å². The van der Waals surface area contributed by atoms with Crippen LogP contribution < -0.4 is 10.9 Å². The summed E-state index contributed by atoms with van der Waals surface area (Å²) in [6.07, 6.45) is 0.236. The van der Waals surface area contributed by atoms with E-state index in [2.05, 4.69) is 10.3 Å². The molecule has 2 unspecified atom stereocenters. The van der Waals surface area contributed by atoms with Gasteiger partial charge >= 0.3 is 0 Å². The maximum atomic E-state index is 12.0. The Morgan fingerprint density at radius 2 is 2.11 bits per heavy atom. The van der Waals surface area contributed by atoms with Gasteiger partial charge in [0.05, 0.1) is 6.10 Å². The summed E-state index contributed by atoms with van der Waals surface area (Å²) >= 11 is 0. The molecule has 5 nitrogen and oxygen atoms in total. The van der Waals surface area contributed by atoms with Gasteiger partial charge in [-0.15, -0.1) is 0 Å². The highest BCUT2D eigenvalue weighted by molar-refractivity contribution is 5.95. The number of carbonyl (C=O) groups excluding carboxylic acids is 1. The number of hydrogen-bond acceptors (Lipinski definition) is 3. The van der Waals surface area contributed by atoms with Crippen molar-refractivity contribution in [3.05, 3.63) is 33.2 Å². The molecule has 1 aromatic heterocycles. The zero-order valence-electron chi connectivity index (χ0n) is 11.9. The van der Waals surface area contributed by atoms with E-state index >= 15 is 0 Å². The third-order valence-electron chi connectivity index (χ3n) is 3.36. The largest absolute Gasteiger partial charge is 0.391 e. The molecule has 5 heteroatoms. The van der Waals surface area contributed by atoms with Crippen molar-refractivity contribution in [2.75, 3.05) is 6.54 Å². The zero-order valence-corrected chi connectivity index (χ0v) is 11.9. The minimum Gasteiger partial charge on any atom is -0.391 e. The van der Waals surface area contributed by atoms with Crippen LogP contribution in [-0.2, 0) is 0 Å². The number of aliphatic hydroxyl groups excluding tert-OH is 1. The molecule has 0 aliphatic carbocycles. The van der Waals surface area contributed by atoms with Gasteiger partial charge in [0.25, 0.3) is 11.5 Å². The number of aromatic nitrogens is 1. The van der Waals surface area contributed by atoms with E-state index in [1.165, 1.54) is 0 Å². The first-order valence-corrected chi connectivity index (χ1v) is 6.53. The van der Waals surface area contributed by atoms with Crippen LogP contribution in [0.1, 0.15) is 41.9 Å². The molecular weight excluding hydrogens is 244 g/mol. The van der Waals surface area contributed by atoms with Crippen molar-refractivity contribution < 1.29 is 9.90 Å². The number of rotatable bonds is 5. The summed E-state index contributed by atoms with van der Waals surface area (Å²) in [5.41, 5.74) is 1.07. The van der Waals surface area contributed by atoms with E-state index in [9.17, 15) is 14.7 Å². The second kappa shape index (κ2) is 6.52. The maximum absolute atomic E-state index is 12.0.